The van der Waals surface area contributed by atoms with Gasteiger partial charge in [0.15, 0.2) is 0 Å². The van der Waals surface area contributed by atoms with Gasteiger partial charge in [0.05, 0.1) is 0 Å². The Hall–Kier alpha value is -2.28. The number of aryl methyl sites for hydroxylation is 1. The maximum atomic E-state index is 5.95. The van der Waals surface area contributed by atoms with Crippen LogP contribution in [0.5, 0.6) is 5.75 Å². The smallest absolute Gasteiger partial charge is 0.127 e. The van der Waals surface area contributed by atoms with E-state index in [1.807, 2.05) is 24.3 Å². The molecule has 0 spiro atoms. The van der Waals surface area contributed by atoms with E-state index in [0.717, 1.165) is 11.1 Å². The molecule has 1 nitrogen and oxygen atoms in total. The van der Waals surface area contributed by atoms with Crippen LogP contribution in [0, 0.1) is 6.92 Å². The van der Waals surface area contributed by atoms with Gasteiger partial charge in [0.1, 0.15) is 12.4 Å². The molecule has 0 saturated carbocycles. The van der Waals surface area contributed by atoms with E-state index in [1.165, 1.54) is 16.5 Å². The first-order chi connectivity index (χ1) is 9.33. The van der Waals surface area contributed by atoms with Crippen molar-refractivity contribution in [2.45, 2.75) is 13.5 Å². The van der Waals surface area contributed by atoms with Gasteiger partial charge in [0.2, 0.25) is 0 Å². The maximum absolute atomic E-state index is 5.95. The quantitative estimate of drug-likeness (QED) is 0.651. The average Bonchev–Trinajstić information content (AvgIpc) is 2.47. The molecule has 0 bridgehead atoms. The Labute approximate surface area is 113 Å². The van der Waals surface area contributed by atoms with E-state index in [-0.39, 0.29) is 0 Å². The maximum Gasteiger partial charge on any atom is 0.127 e. The lowest BCUT2D eigenvalue weighted by Gasteiger charge is -2.09. The lowest BCUT2D eigenvalue weighted by atomic mass is 10.1. The van der Waals surface area contributed by atoms with Crippen molar-refractivity contribution >= 4 is 10.8 Å². The van der Waals surface area contributed by atoms with Gasteiger partial charge in [-0.1, -0.05) is 66.2 Å². The van der Waals surface area contributed by atoms with Gasteiger partial charge in [-0.05, 0) is 23.9 Å². The fraction of sp³-hybridized carbons (Fsp3) is 0.111. The van der Waals surface area contributed by atoms with Crippen LogP contribution in [-0.4, -0.2) is 0 Å². The molecule has 0 atom stereocenters. The van der Waals surface area contributed by atoms with E-state index in [0.29, 0.717) is 6.61 Å². The molecule has 0 N–H and O–H groups in total. The minimum atomic E-state index is 0.605. The first-order valence-electron chi connectivity index (χ1n) is 6.49. The van der Waals surface area contributed by atoms with Gasteiger partial charge in [-0.25, -0.2) is 0 Å². The number of hydrogen-bond donors (Lipinski definition) is 0. The molecule has 0 unspecified atom stereocenters. The molecule has 0 aliphatic carbocycles. The highest BCUT2D eigenvalue weighted by atomic mass is 16.5. The van der Waals surface area contributed by atoms with Gasteiger partial charge in [0, 0.05) is 5.39 Å². The first-order valence-corrected chi connectivity index (χ1v) is 6.49. The number of fused-ring (bicyclic) bond motifs is 1. The number of benzene rings is 3. The molecular weight excluding hydrogens is 232 g/mol. The molecule has 94 valence electrons. The minimum absolute atomic E-state index is 0.605. The molecule has 0 fully saturated rings. The van der Waals surface area contributed by atoms with E-state index in [1.54, 1.807) is 0 Å². The molecular formula is C18H16O. The van der Waals surface area contributed by atoms with Crippen LogP contribution in [0.4, 0.5) is 0 Å². The molecule has 0 amide bonds. The molecule has 19 heavy (non-hydrogen) atoms. The van der Waals surface area contributed by atoms with Crippen molar-refractivity contribution in [1.29, 1.82) is 0 Å². The lowest BCUT2D eigenvalue weighted by Crippen LogP contribution is -1.95. The van der Waals surface area contributed by atoms with Gasteiger partial charge in [-0.2, -0.15) is 0 Å². The van der Waals surface area contributed by atoms with Crippen LogP contribution in [0.3, 0.4) is 0 Å². The fourth-order valence-electron chi connectivity index (χ4n) is 2.17. The molecule has 0 radical (unpaired) electrons. The molecule has 3 rings (SSSR count). The Balaban J connectivity index is 1.84. The van der Waals surface area contributed by atoms with E-state index in [9.17, 15) is 0 Å². The van der Waals surface area contributed by atoms with Gasteiger partial charge >= 0.3 is 0 Å². The SMILES string of the molecule is Cc1ccc(COc2cccc3ccccc23)cc1. The predicted molar refractivity (Wildman–Crippen MR) is 79.5 cm³/mol. The summed E-state index contributed by atoms with van der Waals surface area (Å²) in [5.74, 6) is 0.943. The van der Waals surface area contributed by atoms with E-state index in [2.05, 4.69) is 49.4 Å². The summed E-state index contributed by atoms with van der Waals surface area (Å²) in [7, 11) is 0. The largest absolute Gasteiger partial charge is 0.488 e. The second-order valence-corrected chi connectivity index (χ2v) is 4.75. The van der Waals surface area contributed by atoms with Crippen molar-refractivity contribution in [1.82, 2.24) is 0 Å². The van der Waals surface area contributed by atoms with Crippen LogP contribution in [-0.2, 0) is 6.61 Å². The topological polar surface area (TPSA) is 9.23 Å². The van der Waals surface area contributed by atoms with Crippen molar-refractivity contribution < 1.29 is 4.74 Å². The summed E-state index contributed by atoms with van der Waals surface area (Å²) >= 11 is 0. The van der Waals surface area contributed by atoms with Crippen LogP contribution >= 0.6 is 0 Å². The molecule has 0 saturated heterocycles. The first kappa shape index (κ1) is 11.8. The van der Waals surface area contributed by atoms with Crippen molar-refractivity contribution in [3.63, 3.8) is 0 Å². The van der Waals surface area contributed by atoms with Crippen LogP contribution in [0.1, 0.15) is 11.1 Å². The Morgan fingerprint density at radius 1 is 0.789 bits per heavy atom. The Morgan fingerprint density at radius 2 is 1.53 bits per heavy atom. The van der Waals surface area contributed by atoms with E-state index < -0.39 is 0 Å². The Morgan fingerprint density at radius 3 is 2.37 bits per heavy atom. The zero-order valence-corrected chi connectivity index (χ0v) is 11.0. The Bertz CT molecular complexity index is 678. The number of rotatable bonds is 3. The van der Waals surface area contributed by atoms with E-state index in [4.69, 9.17) is 4.74 Å². The van der Waals surface area contributed by atoms with Gasteiger partial charge < -0.3 is 4.74 Å². The molecule has 0 aromatic heterocycles. The molecule has 1 heteroatoms. The van der Waals surface area contributed by atoms with Crippen LogP contribution in [0.2, 0.25) is 0 Å². The van der Waals surface area contributed by atoms with Crippen molar-refractivity contribution in [2.24, 2.45) is 0 Å². The normalized spacial score (nSPS) is 10.6. The monoisotopic (exact) mass is 248 g/mol. The summed E-state index contributed by atoms with van der Waals surface area (Å²) in [5, 5.41) is 2.38. The molecule has 0 heterocycles. The zero-order valence-electron chi connectivity index (χ0n) is 11.0. The third-order valence-corrected chi connectivity index (χ3v) is 3.26. The van der Waals surface area contributed by atoms with Crippen LogP contribution in [0.15, 0.2) is 66.7 Å². The minimum Gasteiger partial charge on any atom is -0.488 e. The third-order valence-electron chi connectivity index (χ3n) is 3.26. The zero-order chi connectivity index (χ0) is 13.1. The molecule has 0 aliphatic rings. The summed E-state index contributed by atoms with van der Waals surface area (Å²) in [5.41, 5.74) is 2.47. The standard InChI is InChI=1S/C18H16O/c1-14-9-11-15(12-10-14)13-19-18-8-4-6-16-5-2-3-7-17(16)18/h2-12H,13H2,1H3. The van der Waals surface area contributed by atoms with Crippen molar-refractivity contribution in [2.75, 3.05) is 0 Å². The molecule has 0 aliphatic heterocycles. The van der Waals surface area contributed by atoms with Crippen molar-refractivity contribution in [3.05, 3.63) is 77.9 Å². The summed E-state index contributed by atoms with van der Waals surface area (Å²) in [6.07, 6.45) is 0. The van der Waals surface area contributed by atoms with Crippen LogP contribution < -0.4 is 4.74 Å². The highest BCUT2D eigenvalue weighted by Crippen LogP contribution is 2.25. The highest BCUT2D eigenvalue weighted by molar-refractivity contribution is 5.88. The predicted octanol–water partition coefficient (Wildman–Crippen LogP) is 4.73. The van der Waals surface area contributed by atoms with Crippen molar-refractivity contribution in [3.8, 4) is 5.75 Å². The number of hydrogen-bond acceptors (Lipinski definition) is 1. The summed E-state index contributed by atoms with van der Waals surface area (Å²) in [4.78, 5) is 0. The summed E-state index contributed by atoms with van der Waals surface area (Å²) < 4.78 is 5.95. The van der Waals surface area contributed by atoms with Gasteiger partial charge in [0.25, 0.3) is 0 Å². The third kappa shape index (κ3) is 2.60. The average molecular weight is 248 g/mol. The van der Waals surface area contributed by atoms with Gasteiger partial charge in [-0.3, -0.25) is 0 Å². The number of ether oxygens (including phenoxy) is 1. The molecule has 3 aromatic carbocycles. The van der Waals surface area contributed by atoms with Crippen LogP contribution in [0.25, 0.3) is 10.8 Å². The fourth-order valence-corrected chi connectivity index (χ4v) is 2.17. The molecule has 3 aromatic rings. The van der Waals surface area contributed by atoms with Gasteiger partial charge in [-0.15, -0.1) is 0 Å². The second-order valence-electron chi connectivity index (χ2n) is 4.75. The Kier molecular flexibility index (Phi) is 3.20. The summed E-state index contributed by atoms with van der Waals surface area (Å²) in [6.45, 7) is 2.70. The second kappa shape index (κ2) is 5.15. The van der Waals surface area contributed by atoms with E-state index >= 15 is 0 Å². The highest BCUT2D eigenvalue weighted by Gasteiger charge is 2.01. The summed E-state index contributed by atoms with van der Waals surface area (Å²) in [6, 6.07) is 22.9. The lowest BCUT2D eigenvalue weighted by molar-refractivity contribution is 0.310.